The Kier molecular flexibility index (Phi) is 4.61. The molecule has 3 aromatic rings. The first-order valence-electron chi connectivity index (χ1n) is 7.16. The molecule has 0 spiro atoms. The number of ether oxygens (including phenoxy) is 1. The fraction of sp³-hybridized carbons (Fsp3) is 0.267. The lowest BCUT2D eigenvalue weighted by molar-refractivity contribution is 0.299. The van der Waals surface area contributed by atoms with Crippen LogP contribution in [0.25, 0.3) is 0 Å². The third-order valence-electron chi connectivity index (χ3n) is 3.30. The van der Waals surface area contributed by atoms with E-state index in [1.807, 2.05) is 17.8 Å². The number of phenolic OH excluding ortho intramolecular Hbond substituents is 1. The smallest absolute Gasteiger partial charge is 0.134 e. The highest BCUT2D eigenvalue weighted by atomic mass is 79.9. The highest BCUT2D eigenvalue weighted by Gasteiger charge is 2.10. The molecule has 0 amide bonds. The maximum absolute atomic E-state index is 9.41. The lowest BCUT2D eigenvalue weighted by Gasteiger charge is -2.05. The fourth-order valence-electron chi connectivity index (χ4n) is 2.18. The lowest BCUT2D eigenvalue weighted by Crippen LogP contribution is -2.09. The van der Waals surface area contributed by atoms with Crippen LogP contribution in [-0.2, 0) is 19.7 Å². The van der Waals surface area contributed by atoms with Gasteiger partial charge in [-0.1, -0.05) is 11.3 Å². The van der Waals surface area contributed by atoms with E-state index in [0.717, 1.165) is 16.7 Å². The van der Waals surface area contributed by atoms with E-state index in [1.54, 1.807) is 35.1 Å². The van der Waals surface area contributed by atoms with Crippen LogP contribution in [0.2, 0.25) is 0 Å². The molecule has 7 nitrogen and oxygen atoms in total. The normalized spacial score (nSPS) is 10.9. The Hall–Kier alpha value is -2.35. The van der Waals surface area contributed by atoms with Gasteiger partial charge in [0, 0.05) is 12.6 Å². The van der Waals surface area contributed by atoms with Crippen molar-refractivity contribution in [3.05, 3.63) is 52.5 Å². The summed E-state index contributed by atoms with van der Waals surface area (Å²) in [6.45, 7) is 3.70. The molecule has 0 saturated carbocycles. The van der Waals surface area contributed by atoms with Crippen molar-refractivity contribution in [2.24, 2.45) is 0 Å². The molecule has 0 atom stereocenters. The zero-order valence-electron chi connectivity index (χ0n) is 12.6. The number of aromatic nitrogens is 5. The van der Waals surface area contributed by atoms with Crippen LogP contribution in [0.4, 0.5) is 0 Å². The molecule has 2 aromatic heterocycles. The molecule has 1 N–H and O–H groups in total. The second-order valence-corrected chi connectivity index (χ2v) is 5.80. The van der Waals surface area contributed by atoms with E-state index in [9.17, 15) is 5.11 Å². The number of rotatable bonds is 6. The molecular weight excluding hydrogens is 362 g/mol. The van der Waals surface area contributed by atoms with Crippen LogP contribution in [0.3, 0.4) is 0 Å². The Bertz CT molecular complexity index is 799. The summed E-state index contributed by atoms with van der Waals surface area (Å²) < 4.78 is 10.2. The molecule has 0 radical (unpaired) electrons. The van der Waals surface area contributed by atoms with Crippen LogP contribution in [-0.4, -0.2) is 29.9 Å². The van der Waals surface area contributed by atoms with E-state index < -0.39 is 0 Å². The highest BCUT2D eigenvalue weighted by molar-refractivity contribution is 9.10. The van der Waals surface area contributed by atoms with Crippen molar-refractivity contribution in [1.82, 2.24) is 24.8 Å². The van der Waals surface area contributed by atoms with Gasteiger partial charge in [-0.3, -0.25) is 4.68 Å². The standard InChI is InChI=1S/C15H16BrN5O2/c1-2-21-15(14(16)7-17-21)9-20-8-11(18-19-20)10-23-13-5-3-4-12(22)6-13/h3-8,22H,2,9-10H2,1H3. The van der Waals surface area contributed by atoms with Crippen LogP contribution < -0.4 is 4.74 Å². The Morgan fingerprint density at radius 1 is 1.35 bits per heavy atom. The molecule has 2 heterocycles. The number of hydrogen-bond donors (Lipinski definition) is 1. The van der Waals surface area contributed by atoms with Gasteiger partial charge in [0.15, 0.2) is 0 Å². The minimum atomic E-state index is 0.170. The monoisotopic (exact) mass is 377 g/mol. The second kappa shape index (κ2) is 6.82. The van der Waals surface area contributed by atoms with Crippen molar-refractivity contribution >= 4 is 15.9 Å². The minimum absolute atomic E-state index is 0.170. The van der Waals surface area contributed by atoms with Crippen molar-refractivity contribution in [2.45, 2.75) is 26.6 Å². The van der Waals surface area contributed by atoms with Crippen molar-refractivity contribution in [2.75, 3.05) is 0 Å². The summed E-state index contributed by atoms with van der Waals surface area (Å²) in [4.78, 5) is 0. The first kappa shape index (κ1) is 15.5. The molecule has 8 heteroatoms. The third-order valence-corrected chi connectivity index (χ3v) is 3.96. The number of hydrogen-bond acceptors (Lipinski definition) is 5. The predicted octanol–water partition coefficient (Wildman–Crippen LogP) is 2.59. The van der Waals surface area contributed by atoms with Gasteiger partial charge >= 0.3 is 0 Å². The average molecular weight is 378 g/mol. The molecule has 0 saturated heterocycles. The van der Waals surface area contributed by atoms with Gasteiger partial charge < -0.3 is 9.84 Å². The average Bonchev–Trinajstić information content (AvgIpc) is 3.13. The van der Waals surface area contributed by atoms with E-state index in [1.165, 1.54) is 0 Å². The van der Waals surface area contributed by atoms with Gasteiger partial charge in [0.2, 0.25) is 0 Å². The van der Waals surface area contributed by atoms with Gasteiger partial charge in [0.1, 0.15) is 23.8 Å². The number of aryl methyl sites for hydroxylation is 1. The summed E-state index contributed by atoms with van der Waals surface area (Å²) in [5.41, 5.74) is 1.75. The molecule has 0 aliphatic carbocycles. The van der Waals surface area contributed by atoms with Crippen molar-refractivity contribution < 1.29 is 9.84 Å². The van der Waals surface area contributed by atoms with Gasteiger partial charge in [-0.15, -0.1) is 5.10 Å². The second-order valence-electron chi connectivity index (χ2n) is 4.95. The maximum Gasteiger partial charge on any atom is 0.134 e. The minimum Gasteiger partial charge on any atom is -0.508 e. The molecule has 1 aromatic carbocycles. The summed E-state index contributed by atoms with van der Waals surface area (Å²) >= 11 is 3.50. The predicted molar refractivity (Wildman–Crippen MR) is 87.2 cm³/mol. The Morgan fingerprint density at radius 3 is 3.00 bits per heavy atom. The molecule has 0 aliphatic heterocycles. The molecule has 0 bridgehead atoms. The van der Waals surface area contributed by atoms with Gasteiger partial charge in [-0.25, -0.2) is 4.68 Å². The Morgan fingerprint density at radius 2 is 2.22 bits per heavy atom. The van der Waals surface area contributed by atoms with Gasteiger partial charge in [0.05, 0.1) is 29.1 Å². The van der Waals surface area contributed by atoms with E-state index >= 15 is 0 Å². The van der Waals surface area contributed by atoms with E-state index in [0.29, 0.717) is 18.0 Å². The first-order valence-corrected chi connectivity index (χ1v) is 7.96. The molecule has 23 heavy (non-hydrogen) atoms. The first-order chi connectivity index (χ1) is 11.2. The van der Waals surface area contributed by atoms with E-state index in [4.69, 9.17) is 4.74 Å². The zero-order valence-corrected chi connectivity index (χ0v) is 14.1. The third kappa shape index (κ3) is 3.70. The number of phenols is 1. The van der Waals surface area contributed by atoms with Gasteiger partial charge in [-0.05, 0) is 35.0 Å². The van der Waals surface area contributed by atoms with E-state index in [2.05, 4.69) is 31.3 Å². The number of halogens is 1. The molecule has 0 fully saturated rings. The Labute approximate surface area is 141 Å². The van der Waals surface area contributed by atoms with Crippen molar-refractivity contribution in [3.63, 3.8) is 0 Å². The van der Waals surface area contributed by atoms with Crippen LogP contribution >= 0.6 is 15.9 Å². The summed E-state index contributed by atoms with van der Waals surface area (Å²) in [5.74, 6) is 0.759. The van der Waals surface area contributed by atoms with Crippen LogP contribution in [0, 0.1) is 0 Å². The Balaban J connectivity index is 1.65. The topological polar surface area (TPSA) is 78.0 Å². The van der Waals surface area contributed by atoms with Crippen LogP contribution in [0.1, 0.15) is 18.3 Å². The summed E-state index contributed by atoms with van der Waals surface area (Å²) in [7, 11) is 0. The molecule has 0 aliphatic rings. The van der Waals surface area contributed by atoms with Crippen molar-refractivity contribution in [1.29, 1.82) is 0 Å². The number of nitrogens with zero attached hydrogens (tertiary/aromatic N) is 5. The molecule has 0 unspecified atom stereocenters. The quantitative estimate of drug-likeness (QED) is 0.714. The summed E-state index contributed by atoms with van der Waals surface area (Å²) in [6.07, 6.45) is 3.61. The zero-order chi connectivity index (χ0) is 16.2. The summed E-state index contributed by atoms with van der Waals surface area (Å²) in [5, 5.41) is 21.9. The van der Waals surface area contributed by atoms with Crippen LogP contribution in [0.15, 0.2) is 41.1 Å². The molecule has 120 valence electrons. The number of aromatic hydroxyl groups is 1. The summed E-state index contributed by atoms with van der Waals surface area (Å²) in [6, 6.07) is 6.66. The lowest BCUT2D eigenvalue weighted by atomic mass is 10.3. The van der Waals surface area contributed by atoms with E-state index in [-0.39, 0.29) is 12.4 Å². The van der Waals surface area contributed by atoms with Crippen molar-refractivity contribution in [3.8, 4) is 11.5 Å². The highest BCUT2D eigenvalue weighted by Crippen LogP contribution is 2.19. The molecule has 3 rings (SSSR count). The fourth-order valence-corrected chi connectivity index (χ4v) is 2.61. The largest absolute Gasteiger partial charge is 0.508 e. The number of benzene rings is 1. The van der Waals surface area contributed by atoms with Gasteiger partial charge in [0.25, 0.3) is 0 Å². The molecular formula is C15H16BrN5O2. The van der Waals surface area contributed by atoms with Crippen LogP contribution in [0.5, 0.6) is 11.5 Å². The maximum atomic E-state index is 9.41. The SMILES string of the molecule is CCn1ncc(Br)c1Cn1cc(COc2cccc(O)c2)nn1. The van der Waals surface area contributed by atoms with Gasteiger partial charge in [-0.2, -0.15) is 5.10 Å².